The first-order chi connectivity index (χ1) is 14.0. The number of carbonyl (C=O) groups excluding carboxylic acids is 1. The smallest absolute Gasteiger partial charge is 0.271 e. The van der Waals surface area contributed by atoms with Gasteiger partial charge in [-0.2, -0.15) is 0 Å². The van der Waals surface area contributed by atoms with Crippen LogP contribution in [0.5, 0.6) is 0 Å². The van der Waals surface area contributed by atoms with Crippen LogP contribution >= 0.6 is 0 Å². The molecule has 1 N–H and O–H groups in total. The summed E-state index contributed by atoms with van der Waals surface area (Å²) in [5, 5.41) is 3.39. The molecule has 1 fully saturated rings. The molecule has 2 aliphatic heterocycles. The van der Waals surface area contributed by atoms with Gasteiger partial charge in [-0.15, -0.1) is 0 Å². The van der Waals surface area contributed by atoms with E-state index < -0.39 is 0 Å². The number of benzene rings is 1. The van der Waals surface area contributed by atoms with Gasteiger partial charge in [-0.1, -0.05) is 30.3 Å². The van der Waals surface area contributed by atoms with Crippen LogP contribution in [0.3, 0.4) is 0 Å². The monoisotopic (exact) mass is 394 g/mol. The Balaban J connectivity index is 1.64. The fraction of sp³-hybridized carbons (Fsp3) is 0.364. The Morgan fingerprint density at radius 2 is 1.93 bits per heavy atom. The number of rotatable bonds is 4. The van der Waals surface area contributed by atoms with E-state index in [1.165, 1.54) is 0 Å². The number of nitrogens with zero attached hydrogens (tertiary/aromatic N) is 3. The van der Waals surface area contributed by atoms with Crippen LogP contribution in [0.1, 0.15) is 22.9 Å². The van der Waals surface area contributed by atoms with Crippen molar-refractivity contribution in [3.8, 4) is 0 Å². The van der Waals surface area contributed by atoms with Crippen molar-refractivity contribution in [1.29, 1.82) is 0 Å². The third kappa shape index (κ3) is 4.05. The minimum atomic E-state index is -0.222. The standard InChI is InChI=1S/C22H26N4O3/c1-16-12-18(14-24(2)21(16)27)20-23-19(22(28)25-8-10-29-11-9-25)15-26(20)13-17-6-4-3-5-7-17/h3-7,12,14-15,20,23H,8-11,13H2,1-2H3. The van der Waals surface area contributed by atoms with Crippen molar-refractivity contribution in [2.45, 2.75) is 19.6 Å². The summed E-state index contributed by atoms with van der Waals surface area (Å²) >= 11 is 0. The number of aryl methyl sites for hydroxylation is 2. The van der Waals surface area contributed by atoms with Gasteiger partial charge in [-0.05, 0) is 18.6 Å². The van der Waals surface area contributed by atoms with Gasteiger partial charge in [0.25, 0.3) is 11.5 Å². The SMILES string of the molecule is Cc1cc(C2NC(C(=O)N3CCOCC3)=CN2Cc2ccccc2)cn(C)c1=O. The second kappa shape index (κ2) is 8.13. The third-order valence-corrected chi connectivity index (χ3v) is 5.35. The Hall–Kier alpha value is -3.06. The van der Waals surface area contributed by atoms with Crippen LogP contribution < -0.4 is 10.9 Å². The highest BCUT2D eigenvalue weighted by atomic mass is 16.5. The average molecular weight is 394 g/mol. The highest BCUT2D eigenvalue weighted by molar-refractivity contribution is 5.93. The Kier molecular flexibility index (Phi) is 5.40. The third-order valence-electron chi connectivity index (χ3n) is 5.35. The number of hydrogen-bond acceptors (Lipinski definition) is 5. The van der Waals surface area contributed by atoms with Crippen LogP contribution in [-0.2, 0) is 23.1 Å². The molecule has 0 aliphatic carbocycles. The van der Waals surface area contributed by atoms with E-state index >= 15 is 0 Å². The van der Waals surface area contributed by atoms with Crippen molar-refractivity contribution in [2.75, 3.05) is 26.3 Å². The lowest BCUT2D eigenvalue weighted by atomic mass is 10.1. The van der Waals surface area contributed by atoms with Gasteiger partial charge in [0.05, 0.1) is 13.2 Å². The highest BCUT2D eigenvalue weighted by Crippen LogP contribution is 2.28. The summed E-state index contributed by atoms with van der Waals surface area (Å²) in [6, 6.07) is 12.0. The summed E-state index contributed by atoms with van der Waals surface area (Å²) < 4.78 is 6.96. The molecule has 2 aliphatic rings. The zero-order valence-electron chi connectivity index (χ0n) is 16.8. The predicted molar refractivity (Wildman–Crippen MR) is 110 cm³/mol. The number of morpholine rings is 1. The van der Waals surface area contributed by atoms with Crippen molar-refractivity contribution in [3.05, 3.63) is 81.5 Å². The van der Waals surface area contributed by atoms with Gasteiger partial charge >= 0.3 is 0 Å². The van der Waals surface area contributed by atoms with E-state index in [0.717, 1.165) is 11.1 Å². The van der Waals surface area contributed by atoms with Crippen molar-refractivity contribution >= 4 is 5.91 Å². The predicted octanol–water partition coefficient (Wildman–Crippen LogP) is 1.50. The van der Waals surface area contributed by atoms with E-state index in [0.29, 0.717) is 44.1 Å². The minimum Gasteiger partial charge on any atom is -0.378 e. The molecule has 0 bridgehead atoms. The first kappa shape index (κ1) is 19.3. The van der Waals surface area contributed by atoms with E-state index in [-0.39, 0.29) is 17.6 Å². The summed E-state index contributed by atoms with van der Waals surface area (Å²) in [7, 11) is 1.75. The zero-order valence-corrected chi connectivity index (χ0v) is 16.8. The summed E-state index contributed by atoms with van der Waals surface area (Å²) in [5.41, 5.74) is 3.33. The van der Waals surface area contributed by atoms with Crippen LogP contribution in [0, 0.1) is 6.92 Å². The average Bonchev–Trinajstić information content (AvgIpc) is 3.16. The summed E-state index contributed by atoms with van der Waals surface area (Å²) in [6.45, 7) is 4.79. The van der Waals surface area contributed by atoms with Crippen LogP contribution in [0.25, 0.3) is 0 Å². The molecule has 1 atom stereocenters. The molecule has 2 aromatic rings. The molecule has 0 radical (unpaired) electrons. The summed E-state index contributed by atoms with van der Waals surface area (Å²) in [6.07, 6.45) is 3.51. The molecule has 0 spiro atoms. The van der Waals surface area contributed by atoms with Gasteiger partial charge in [0.1, 0.15) is 11.9 Å². The molecule has 29 heavy (non-hydrogen) atoms. The normalized spacial score (nSPS) is 19.1. The Morgan fingerprint density at radius 3 is 2.62 bits per heavy atom. The van der Waals surface area contributed by atoms with Crippen molar-refractivity contribution in [1.82, 2.24) is 19.7 Å². The van der Waals surface area contributed by atoms with E-state index in [2.05, 4.69) is 22.3 Å². The molecule has 4 rings (SSSR count). The fourth-order valence-corrected chi connectivity index (χ4v) is 3.83. The summed E-state index contributed by atoms with van der Waals surface area (Å²) in [4.78, 5) is 29.1. The lowest BCUT2D eigenvalue weighted by molar-refractivity contribution is -0.131. The lowest BCUT2D eigenvalue weighted by Gasteiger charge is -2.28. The second-order valence-corrected chi connectivity index (χ2v) is 7.52. The maximum atomic E-state index is 13.0. The molecule has 152 valence electrons. The number of pyridine rings is 1. The fourth-order valence-electron chi connectivity index (χ4n) is 3.83. The molecule has 1 aromatic carbocycles. The Bertz CT molecular complexity index is 951. The number of aromatic nitrogens is 1. The zero-order chi connectivity index (χ0) is 20.4. The number of hydrogen-bond donors (Lipinski definition) is 1. The number of ether oxygens (including phenoxy) is 1. The first-order valence-corrected chi connectivity index (χ1v) is 9.85. The maximum absolute atomic E-state index is 13.0. The van der Waals surface area contributed by atoms with Crippen molar-refractivity contribution < 1.29 is 9.53 Å². The van der Waals surface area contributed by atoms with Crippen LogP contribution in [0.15, 0.2) is 59.3 Å². The molecule has 7 heteroatoms. The topological polar surface area (TPSA) is 66.8 Å². The molecule has 3 heterocycles. The molecule has 0 saturated carbocycles. The number of carbonyl (C=O) groups is 1. The first-order valence-electron chi connectivity index (χ1n) is 9.85. The second-order valence-electron chi connectivity index (χ2n) is 7.52. The van der Waals surface area contributed by atoms with Gasteiger partial charge < -0.3 is 24.4 Å². The lowest BCUT2D eigenvalue weighted by Crippen LogP contribution is -2.43. The van der Waals surface area contributed by atoms with Gasteiger partial charge in [-0.3, -0.25) is 9.59 Å². The van der Waals surface area contributed by atoms with E-state index in [1.54, 1.807) is 11.6 Å². The summed E-state index contributed by atoms with van der Waals surface area (Å²) in [5.74, 6) is -0.0181. The highest BCUT2D eigenvalue weighted by Gasteiger charge is 2.31. The molecule has 1 unspecified atom stereocenters. The van der Waals surface area contributed by atoms with Gasteiger partial charge in [0.15, 0.2) is 0 Å². The molecule has 7 nitrogen and oxygen atoms in total. The number of nitrogens with one attached hydrogen (secondary N) is 1. The van der Waals surface area contributed by atoms with Gasteiger partial charge in [0, 0.05) is 50.2 Å². The van der Waals surface area contributed by atoms with Gasteiger partial charge in [-0.25, -0.2) is 0 Å². The van der Waals surface area contributed by atoms with Crippen LogP contribution in [0.4, 0.5) is 0 Å². The van der Waals surface area contributed by atoms with Gasteiger partial charge in [0.2, 0.25) is 0 Å². The molecule has 1 amide bonds. The largest absolute Gasteiger partial charge is 0.378 e. The maximum Gasteiger partial charge on any atom is 0.271 e. The molecular formula is C22H26N4O3. The molecule has 1 saturated heterocycles. The van der Waals surface area contributed by atoms with E-state index in [4.69, 9.17) is 4.74 Å². The molecule has 1 aromatic heterocycles. The van der Waals surface area contributed by atoms with Crippen LogP contribution in [-0.4, -0.2) is 46.6 Å². The molecular weight excluding hydrogens is 368 g/mol. The van der Waals surface area contributed by atoms with Crippen molar-refractivity contribution in [2.24, 2.45) is 7.05 Å². The number of amides is 1. The van der Waals surface area contributed by atoms with Crippen LogP contribution in [0.2, 0.25) is 0 Å². The quantitative estimate of drug-likeness (QED) is 0.851. The Morgan fingerprint density at radius 1 is 1.21 bits per heavy atom. The Labute approximate surface area is 170 Å². The minimum absolute atomic E-state index is 0.0149. The van der Waals surface area contributed by atoms with E-state index in [1.807, 2.05) is 48.5 Å². The van der Waals surface area contributed by atoms with E-state index in [9.17, 15) is 9.59 Å². The van der Waals surface area contributed by atoms with Crippen molar-refractivity contribution in [3.63, 3.8) is 0 Å².